The van der Waals surface area contributed by atoms with Crippen molar-refractivity contribution in [1.82, 2.24) is 9.99 Å². The minimum atomic E-state index is -0.299. The lowest BCUT2D eigenvalue weighted by molar-refractivity contribution is -0.130. The van der Waals surface area contributed by atoms with Crippen LogP contribution in [0.25, 0.3) is 10.9 Å². The minimum Gasteiger partial charge on any atom is -0.493 e. The fraction of sp³-hybridized carbons (Fsp3) is 0.250. The van der Waals surface area contributed by atoms with Crippen molar-refractivity contribution in [2.45, 2.75) is 19.4 Å². The first kappa shape index (κ1) is 18.7. The average molecular weight is 416 g/mol. The van der Waals surface area contributed by atoms with Crippen LogP contribution in [0, 0.1) is 0 Å². The summed E-state index contributed by atoms with van der Waals surface area (Å²) >= 11 is 8.12. The summed E-state index contributed by atoms with van der Waals surface area (Å²) in [5.41, 5.74) is 2.32. The molecule has 0 N–H and O–H groups in total. The fourth-order valence-electron chi connectivity index (χ4n) is 3.36. The van der Waals surface area contributed by atoms with Gasteiger partial charge >= 0.3 is 0 Å². The highest BCUT2D eigenvalue weighted by Gasteiger charge is 2.33. The Kier molecular flexibility index (Phi) is 4.95. The number of aromatic nitrogens is 1. The second kappa shape index (κ2) is 7.41. The number of nitrogens with zero attached hydrogens (tertiary/aromatic N) is 3. The van der Waals surface area contributed by atoms with Crippen LogP contribution in [0.5, 0.6) is 11.5 Å². The lowest BCUT2D eigenvalue weighted by atomic mass is 10.0. The van der Waals surface area contributed by atoms with Gasteiger partial charge in [0.1, 0.15) is 5.15 Å². The van der Waals surface area contributed by atoms with Gasteiger partial charge < -0.3 is 9.47 Å². The number of hydrazone groups is 1. The van der Waals surface area contributed by atoms with E-state index in [4.69, 9.17) is 21.1 Å². The summed E-state index contributed by atoms with van der Waals surface area (Å²) in [6.07, 6.45) is 0.584. The molecule has 0 saturated carbocycles. The first-order valence-corrected chi connectivity index (χ1v) is 9.91. The number of halogens is 1. The van der Waals surface area contributed by atoms with Gasteiger partial charge in [-0.1, -0.05) is 17.7 Å². The Labute approximate surface area is 171 Å². The number of pyridine rings is 1. The molecule has 3 heterocycles. The Hall–Kier alpha value is -2.64. The number of carbonyl (C=O) groups excluding carboxylic acids is 1. The quantitative estimate of drug-likeness (QED) is 0.581. The summed E-state index contributed by atoms with van der Waals surface area (Å²) in [6.45, 7) is 1.50. The first-order chi connectivity index (χ1) is 13.5. The zero-order valence-electron chi connectivity index (χ0n) is 15.6. The maximum atomic E-state index is 12.2. The SMILES string of the molecule is COc1cc2cc([C@@H]3CC(c4cccs4)=NN3C(C)=O)c(Cl)nc2cc1OC. The van der Waals surface area contributed by atoms with E-state index in [-0.39, 0.29) is 11.9 Å². The number of amides is 1. The number of rotatable bonds is 4. The zero-order chi connectivity index (χ0) is 19.8. The van der Waals surface area contributed by atoms with Gasteiger partial charge in [0.2, 0.25) is 5.91 Å². The van der Waals surface area contributed by atoms with Gasteiger partial charge in [-0.3, -0.25) is 4.79 Å². The molecule has 1 aliphatic rings. The smallest absolute Gasteiger partial charge is 0.240 e. The molecule has 0 radical (unpaired) electrons. The number of ether oxygens (including phenoxy) is 2. The maximum absolute atomic E-state index is 12.2. The molecule has 1 aromatic carbocycles. The van der Waals surface area contributed by atoms with E-state index in [9.17, 15) is 4.79 Å². The molecule has 0 saturated heterocycles. The molecule has 144 valence electrons. The molecule has 6 nitrogen and oxygen atoms in total. The summed E-state index contributed by atoms with van der Waals surface area (Å²) < 4.78 is 10.7. The van der Waals surface area contributed by atoms with Crippen LogP contribution in [-0.4, -0.2) is 35.8 Å². The van der Waals surface area contributed by atoms with Gasteiger partial charge in [-0.25, -0.2) is 9.99 Å². The van der Waals surface area contributed by atoms with Crippen LogP contribution in [0.3, 0.4) is 0 Å². The predicted octanol–water partition coefficient (Wildman–Crippen LogP) is 4.66. The Morgan fingerprint density at radius 2 is 2.00 bits per heavy atom. The molecule has 8 heteroatoms. The Morgan fingerprint density at radius 1 is 1.25 bits per heavy atom. The number of fused-ring (bicyclic) bond motifs is 1. The van der Waals surface area contributed by atoms with Crippen LogP contribution in [0.15, 0.2) is 40.8 Å². The molecular formula is C20H18ClN3O3S. The van der Waals surface area contributed by atoms with Gasteiger partial charge in [-0.15, -0.1) is 11.3 Å². The van der Waals surface area contributed by atoms with Crippen molar-refractivity contribution in [3.05, 3.63) is 51.3 Å². The molecule has 2 aromatic heterocycles. The Bertz CT molecular complexity index is 1080. The van der Waals surface area contributed by atoms with E-state index < -0.39 is 0 Å². The standard InChI is InChI=1S/C20H18ClN3O3S/c1-11(25)24-16(9-15(23-24)19-5-4-6-28-19)13-7-12-8-17(26-2)18(27-3)10-14(12)22-20(13)21/h4-8,10,16H,9H2,1-3H3/t16-/m0/s1. The fourth-order valence-corrected chi connectivity index (χ4v) is 4.35. The molecule has 0 aliphatic carbocycles. The van der Waals surface area contributed by atoms with E-state index in [0.717, 1.165) is 21.5 Å². The number of hydrogen-bond donors (Lipinski definition) is 0. The van der Waals surface area contributed by atoms with E-state index in [1.54, 1.807) is 31.6 Å². The van der Waals surface area contributed by atoms with E-state index in [2.05, 4.69) is 10.1 Å². The van der Waals surface area contributed by atoms with Gasteiger partial charge in [-0.2, -0.15) is 5.10 Å². The maximum Gasteiger partial charge on any atom is 0.240 e. The van der Waals surface area contributed by atoms with Crippen molar-refractivity contribution in [2.75, 3.05) is 14.2 Å². The van der Waals surface area contributed by atoms with Crippen molar-refractivity contribution in [2.24, 2.45) is 5.10 Å². The highest BCUT2D eigenvalue weighted by Crippen LogP contribution is 2.39. The molecule has 3 aromatic rings. The molecule has 1 atom stereocenters. The van der Waals surface area contributed by atoms with Crippen molar-refractivity contribution >= 4 is 45.5 Å². The van der Waals surface area contributed by atoms with Crippen LogP contribution in [0.2, 0.25) is 5.15 Å². The number of benzene rings is 1. The monoisotopic (exact) mass is 415 g/mol. The molecule has 0 unspecified atom stereocenters. The average Bonchev–Trinajstić information content (AvgIpc) is 3.36. The molecule has 4 rings (SSSR count). The third-order valence-electron chi connectivity index (χ3n) is 4.70. The number of hydrogen-bond acceptors (Lipinski definition) is 6. The molecule has 0 fully saturated rings. The molecule has 0 bridgehead atoms. The lowest BCUT2D eigenvalue weighted by Gasteiger charge is -2.21. The number of thiophene rings is 1. The van der Waals surface area contributed by atoms with Gasteiger partial charge in [0.25, 0.3) is 0 Å². The summed E-state index contributed by atoms with van der Waals surface area (Å²) in [7, 11) is 3.16. The van der Waals surface area contributed by atoms with Crippen LogP contribution in [0.1, 0.15) is 29.8 Å². The zero-order valence-corrected chi connectivity index (χ0v) is 17.2. The highest BCUT2D eigenvalue weighted by molar-refractivity contribution is 7.12. The minimum absolute atomic E-state index is 0.139. The van der Waals surface area contributed by atoms with Crippen molar-refractivity contribution in [3.63, 3.8) is 0 Å². The topological polar surface area (TPSA) is 64.0 Å². The van der Waals surface area contributed by atoms with E-state index in [1.165, 1.54) is 11.9 Å². The van der Waals surface area contributed by atoms with Gasteiger partial charge in [0, 0.05) is 30.4 Å². The summed E-state index contributed by atoms with van der Waals surface area (Å²) in [4.78, 5) is 17.8. The highest BCUT2D eigenvalue weighted by atomic mass is 35.5. The van der Waals surface area contributed by atoms with E-state index >= 15 is 0 Å². The second-order valence-corrected chi connectivity index (χ2v) is 7.68. The van der Waals surface area contributed by atoms with E-state index in [1.807, 2.05) is 29.6 Å². The Morgan fingerprint density at radius 3 is 2.64 bits per heavy atom. The second-order valence-electron chi connectivity index (χ2n) is 6.38. The van der Waals surface area contributed by atoms with Crippen LogP contribution < -0.4 is 9.47 Å². The normalized spacial score (nSPS) is 16.4. The molecule has 0 spiro atoms. The largest absolute Gasteiger partial charge is 0.493 e. The molecule has 1 amide bonds. The number of carbonyl (C=O) groups is 1. The van der Waals surface area contributed by atoms with Crippen LogP contribution in [-0.2, 0) is 4.79 Å². The van der Waals surface area contributed by atoms with Gasteiger partial charge in [-0.05, 0) is 23.6 Å². The first-order valence-electron chi connectivity index (χ1n) is 8.65. The van der Waals surface area contributed by atoms with E-state index in [0.29, 0.717) is 28.6 Å². The summed E-state index contributed by atoms with van der Waals surface area (Å²) in [5, 5.41) is 9.23. The van der Waals surface area contributed by atoms with Gasteiger partial charge in [0.15, 0.2) is 11.5 Å². The van der Waals surface area contributed by atoms with Crippen LogP contribution in [0.4, 0.5) is 0 Å². The summed E-state index contributed by atoms with van der Waals surface area (Å²) in [5.74, 6) is 1.05. The van der Waals surface area contributed by atoms with Crippen molar-refractivity contribution in [3.8, 4) is 11.5 Å². The number of methoxy groups -OCH3 is 2. The molecule has 28 heavy (non-hydrogen) atoms. The third kappa shape index (κ3) is 3.21. The van der Waals surface area contributed by atoms with Crippen molar-refractivity contribution in [1.29, 1.82) is 0 Å². The molecule has 1 aliphatic heterocycles. The van der Waals surface area contributed by atoms with Gasteiger partial charge in [0.05, 0.1) is 36.4 Å². The molecular weight excluding hydrogens is 398 g/mol. The van der Waals surface area contributed by atoms with Crippen molar-refractivity contribution < 1.29 is 14.3 Å². The lowest BCUT2D eigenvalue weighted by Crippen LogP contribution is -2.24. The Balaban J connectivity index is 1.79. The van der Waals surface area contributed by atoms with Crippen LogP contribution >= 0.6 is 22.9 Å². The summed E-state index contributed by atoms with van der Waals surface area (Å²) in [6, 6.07) is 9.26. The predicted molar refractivity (Wildman–Crippen MR) is 111 cm³/mol. The third-order valence-corrected chi connectivity index (χ3v) is 5.92.